The van der Waals surface area contributed by atoms with E-state index in [-0.39, 0.29) is 5.41 Å². The Balaban J connectivity index is 2.35. The predicted octanol–water partition coefficient (Wildman–Crippen LogP) is 3.89. The normalized spacial score (nSPS) is 13.8. The standard InChI is InChI=1S/C19H25NO/c1-3-19(15-20-4-2,17-10-6-5-7-11-17)14-16-9-8-12-18(21)13-16/h5-13,20-21H,3-4,14-15H2,1-2H3. The molecule has 2 rings (SSSR count). The summed E-state index contributed by atoms with van der Waals surface area (Å²) in [5.74, 6) is 0.342. The second kappa shape index (κ2) is 7.28. The summed E-state index contributed by atoms with van der Waals surface area (Å²) in [6.07, 6.45) is 1.98. The number of phenolic OH excluding ortho intramolecular Hbond substituents is 1. The zero-order valence-electron chi connectivity index (χ0n) is 13.0. The fraction of sp³-hybridized carbons (Fsp3) is 0.368. The SMILES string of the molecule is CCNCC(CC)(Cc1cccc(O)c1)c1ccccc1. The van der Waals surface area contributed by atoms with Gasteiger partial charge < -0.3 is 10.4 Å². The lowest BCUT2D eigenvalue weighted by molar-refractivity contribution is 0.381. The molecule has 0 saturated heterocycles. The van der Waals surface area contributed by atoms with Crippen molar-refractivity contribution in [2.75, 3.05) is 13.1 Å². The lowest BCUT2D eigenvalue weighted by Gasteiger charge is -2.34. The van der Waals surface area contributed by atoms with E-state index in [0.29, 0.717) is 5.75 Å². The van der Waals surface area contributed by atoms with E-state index >= 15 is 0 Å². The summed E-state index contributed by atoms with van der Waals surface area (Å²) in [5.41, 5.74) is 2.60. The van der Waals surface area contributed by atoms with E-state index in [1.165, 1.54) is 11.1 Å². The summed E-state index contributed by atoms with van der Waals surface area (Å²) in [6.45, 7) is 6.29. The molecule has 0 aliphatic carbocycles. The van der Waals surface area contributed by atoms with Crippen LogP contribution in [0.15, 0.2) is 54.6 Å². The molecule has 0 aromatic heterocycles. The monoisotopic (exact) mass is 283 g/mol. The molecular weight excluding hydrogens is 258 g/mol. The van der Waals surface area contributed by atoms with Crippen LogP contribution in [-0.4, -0.2) is 18.2 Å². The zero-order chi connectivity index (χ0) is 15.1. The maximum absolute atomic E-state index is 9.71. The molecule has 112 valence electrons. The quantitative estimate of drug-likeness (QED) is 0.808. The van der Waals surface area contributed by atoms with Crippen molar-refractivity contribution in [3.05, 3.63) is 65.7 Å². The van der Waals surface area contributed by atoms with E-state index < -0.39 is 0 Å². The van der Waals surface area contributed by atoms with Crippen LogP contribution in [-0.2, 0) is 11.8 Å². The van der Waals surface area contributed by atoms with Crippen molar-refractivity contribution in [3.63, 3.8) is 0 Å². The van der Waals surface area contributed by atoms with E-state index in [9.17, 15) is 5.11 Å². The maximum atomic E-state index is 9.71. The highest BCUT2D eigenvalue weighted by atomic mass is 16.3. The summed E-state index contributed by atoms with van der Waals surface area (Å²) in [4.78, 5) is 0. The highest BCUT2D eigenvalue weighted by molar-refractivity contribution is 5.33. The average Bonchev–Trinajstić information content (AvgIpc) is 2.52. The van der Waals surface area contributed by atoms with Crippen molar-refractivity contribution in [2.24, 2.45) is 0 Å². The van der Waals surface area contributed by atoms with E-state index in [1.54, 1.807) is 6.07 Å². The van der Waals surface area contributed by atoms with Crippen LogP contribution in [0.1, 0.15) is 31.4 Å². The molecule has 21 heavy (non-hydrogen) atoms. The summed E-state index contributed by atoms with van der Waals surface area (Å²) >= 11 is 0. The first kappa shape index (κ1) is 15.6. The molecule has 0 aliphatic heterocycles. The fourth-order valence-electron chi connectivity index (χ4n) is 2.93. The van der Waals surface area contributed by atoms with Gasteiger partial charge in [0.15, 0.2) is 0 Å². The first-order valence-corrected chi connectivity index (χ1v) is 7.74. The van der Waals surface area contributed by atoms with Crippen LogP contribution in [0.5, 0.6) is 5.75 Å². The summed E-state index contributed by atoms with van der Waals surface area (Å²) < 4.78 is 0. The highest BCUT2D eigenvalue weighted by Gasteiger charge is 2.30. The van der Waals surface area contributed by atoms with Crippen LogP contribution in [0.4, 0.5) is 0 Å². The Kier molecular flexibility index (Phi) is 5.40. The van der Waals surface area contributed by atoms with Crippen molar-refractivity contribution < 1.29 is 5.11 Å². The van der Waals surface area contributed by atoms with Crippen molar-refractivity contribution in [1.29, 1.82) is 0 Å². The Morgan fingerprint density at radius 2 is 1.76 bits per heavy atom. The number of hydrogen-bond acceptors (Lipinski definition) is 2. The minimum Gasteiger partial charge on any atom is -0.508 e. The molecule has 2 heteroatoms. The van der Waals surface area contributed by atoms with Gasteiger partial charge in [-0.25, -0.2) is 0 Å². The molecule has 0 bridgehead atoms. The average molecular weight is 283 g/mol. The van der Waals surface area contributed by atoms with Crippen LogP contribution >= 0.6 is 0 Å². The summed E-state index contributed by atoms with van der Waals surface area (Å²) in [6, 6.07) is 18.3. The number of nitrogens with one attached hydrogen (secondary N) is 1. The Morgan fingerprint density at radius 3 is 2.38 bits per heavy atom. The first-order valence-electron chi connectivity index (χ1n) is 7.74. The molecule has 0 fully saturated rings. The third kappa shape index (κ3) is 3.85. The second-order valence-corrected chi connectivity index (χ2v) is 5.63. The minimum absolute atomic E-state index is 0.0606. The van der Waals surface area contributed by atoms with Gasteiger partial charge in [0.1, 0.15) is 5.75 Å². The number of rotatable bonds is 7. The minimum atomic E-state index is 0.0606. The highest BCUT2D eigenvalue weighted by Crippen LogP contribution is 2.32. The third-order valence-electron chi connectivity index (χ3n) is 4.23. The summed E-state index contributed by atoms with van der Waals surface area (Å²) in [7, 11) is 0. The van der Waals surface area contributed by atoms with Crippen LogP contribution in [0.3, 0.4) is 0 Å². The van der Waals surface area contributed by atoms with Gasteiger partial charge in [0.25, 0.3) is 0 Å². The van der Waals surface area contributed by atoms with Crippen molar-refractivity contribution in [3.8, 4) is 5.75 Å². The van der Waals surface area contributed by atoms with Gasteiger partial charge >= 0.3 is 0 Å². The zero-order valence-corrected chi connectivity index (χ0v) is 13.0. The molecular formula is C19H25NO. The molecule has 2 nitrogen and oxygen atoms in total. The van der Waals surface area contributed by atoms with Crippen LogP contribution in [0, 0.1) is 0 Å². The molecule has 0 heterocycles. The van der Waals surface area contributed by atoms with Crippen LogP contribution in [0.25, 0.3) is 0 Å². The first-order chi connectivity index (χ1) is 10.2. The van der Waals surface area contributed by atoms with E-state index in [0.717, 1.165) is 25.9 Å². The van der Waals surface area contributed by atoms with Crippen LogP contribution < -0.4 is 5.32 Å². The maximum Gasteiger partial charge on any atom is 0.115 e. The molecule has 0 radical (unpaired) electrons. The van der Waals surface area contributed by atoms with Gasteiger partial charge in [-0.15, -0.1) is 0 Å². The van der Waals surface area contributed by atoms with Gasteiger partial charge in [-0.05, 0) is 42.6 Å². The topological polar surface area (TPSA) is 32.3 Å². The predicted molar refractivity (Wildman–Crippen MR) is 88.8 cm³/mol. The Labute approximate surface area is 127 Å². The molecule has 2 aromatic carbocycles. The lowest BCUT2D eigenvalue weighted by Crippen LogP contribution is -2.39. The largest absolute Gasteiger partial charge is 0.508 e. The van der Waals surface area contributed by atoms with Gasteiger partial charge in [0.05, 0.1) is 0 Å². The molecule has 2 aromatic rings. The molecule has 0 saturated carbocycles. The van der Waals surface area contributed by atoms with Gasteiger partial charge in [0, 0.05) is 12.0 Å². The fourth-order valence-corrected chi connectivity index (χ4v) is 2.93. The van der Waals surface area contributed by atoms with Crippen molar-refractivity contribution in [2.45, 2.75) is 32.1 Å². The molecule has 2 N–H and O–H groups in total. The molecule has 0 aliphatic rings. The van der Waals surface area contributed by atoms with Gasteiger partial charge in [-0.2, -0.15) is 0 Å². The van der Waals surface area contributed by atoms with Gasteiger partial charge in [-0.1, -0.05) is 56.3 Å². The third-order valence-corrected chi connectivity index (χ3v) is 4.23. The number of likely N-dealkylation sites (N-methyl/N-ethyl adjacent to an activating group) is 1. The van der Waals surface area contributed by atoms with Crippen molar-refractivity contribution in [1.82, 2.24) is 5.32 Å². The van der Waals surface area contributed by atoms with E-state index in [4.69, 9.17) is 0 Å². The number of phenols is 1. The van der Waals surface area contributed by atoms with E-state index in [1.807, 2.05) is 12.1 Å². The Bertz CT molecular complexity index is 553. The van der Waals surface area contributed by atoms with Gasteiger partial charge in [0.2, 0.25) is 0 Å². The molecule has 0 spiro atoms. The number of benzene rings is 2. The smallest absolute Gasteiger partial charge is 0.115 e. The Hall–Kier alpha value is -1.80. The lowest BCUT2D eigenvalue weighted by atomic mass is 9.73. The van der Waals surface area contributed by atoms with Crippen molar-refractivity contribution >= 4 is 0 Å². The number of hydrogen-bond donors (Lipinski definition) is 2. The van der Waals surface area contributed by atoms with Crippen LogP contribution in [0.2, 0.25) is 0 Å². The summed E-state index contributed by atoms with van der Waals surface area (Å²) in [5, 5.41) is 13.2. The van der Waals surface area contributed by atoms with Gasteiger partial charge in [-0.3, -0.25) is 0 Å². The molecule has 0 amide bonds. The molecule has 1 atom stereocenters. The Morgan fingerprint density at radius 1 is 1.00 bits per heavy atom. The second-order valence-electron chi connectivity index (χ2n) is 5.63. The molecule has 1 unspecified atom stereocenters. The number of aromatic hydroxyl groups is 1. The van der Waals surface area contributed by atoms with E-state index in [2.05, 4.69) is 55.6 Å².